The molecule has 0 aromatic heterocycles. The molecule has 0 unspecified atom stereocenters. The highest BCUT2D eigenvalue weighted by atomic mass is 16.5. The monoisotopic (exact) mass is 286 g/mol. The number of aryl methyl sites for hydroxylation is 1. The topological polar surface area (TPSA) is 9.23 Å². The Labute approximate surface area is 130 Å². The van der Waals surface area contributed by atoms with E-state index < -0.39 is 0 Å². The van der Waals surface area contributed by atoms with Crippen molar-refractivity contribution in [3.63, 3.8) is 0 Å². The van der Waals surface area contributed by atoms with Crippen molar-refractivity contribution < 1.29 is 4.74 Å². The molecule has 0 spiro atoms. The van der Waals surface area contributed by atoms with Gasteiger partial charge in [0.1, 0.15) is 5.75 Å². The van der Waals surface area contributed by atoms with E-state index in [9.17, 15) is 0 Å². The predicted octanol–water partition coefficient (Wildman–Crippen LogP) is 5.89. The van der Waals surface area contributed by atoms with E-state index in [1.165, 1.54) is 43.2 Å². The van der Waals surface area contributed by atoms with Gasteiger partial charge in [-0.25, -0.2) is 0 Å². The first-order valence-corrected chi connectivity index (χ1v) is 8.66. The molecule has 0 heterocycles. The maximum Gasteiger partial charge on any atom is 0.122 e. The summed E-state index contributed by atoms with van der Waals surface area (Å²) in [7, 11) is 0. The van der Waals surface area contributed by atoms with Gasteiger partial charge in [-0.15, -0.1) is 0 Å². The van der Waals surface area contributed by atoms with Crippen molar-refractivity contribution >= 4 is 0 Å². The summed E-state index contributed by atoms with van der Waals surface area (Å²) < 4.78 is 5.77. The Kier molecular flexibility index (Phi) is 6.35. The minimum atomic E-state index is 0.748. The predicted molar refractivity (Wildman–Crippen MR) is 91.1 cm³/mol. The van der Waals surface area contributed by atoms with Crippen LogP contribution in [0.1, 0.15) is 69.9 Å². The van der Waals surface area contributed by atoms with E-state index in [1.54, 1.807) is 0 Å². The lowest BCUT2D eigenvalue weighted by atomic mass is 9.78. The average molecular weight is 286 g/mol. The Morgan fingerprint density at radius 1 is 1.14 bits per heavy atom. The summed E-state index contributed by atoms with van der Waals surface area (Å²) in [6.45, 7) is 7.19. The summed E-state index contributed by atoms with van der Waals surface area (Å²) in [4.78, 5) is 0. The van der Waals surface area contributed by atoms with Gasteiger partial charge in [-0.3, -0.25) is 0 Å². The van der Waals surface area contributed by atoms with E-state index in [-0.39, 0.29) is 0 Å². The first-order valence-electron chi connectivity index (χ1n) is 8.66. The SMILES string of the molecule is C/C=C/C1CCC(c2ccc(OCC)c(CCC)c2)CC1. The molecule has 0 amide bonds. The molecule has 1 aromatic carbocycles. The lowest BCUT2D eigenvalue weighted by Gasteiger charge is -2.27. The molecule has 1 aromatic rings. The Hall–Kier alpha value is -1.24. The zero-order chi connectivity index (χ0) is 15.1. The number of benzene rings is 1. The summed E-state index contributed by atoms with van der Waals surface area (Å²) in [6, 6.07) is 6.90. The van der Waals surface area contributed by atoms with Gasteiger partial charge in [0.05, 0.1) is 6.61 Å². The Morgan fingerprint density at radius 3 is 2.52 bits per heavy atom. The van der Waals surface area contributed by atoms with Crippen LogP contribution in [-0.2, 0) is 6.42 Å². The lowest BCUT2D eigenvalue weighted by Crippen LogP contribution is -2.12. The molecule has 21 heavy (non-hydrogen) atoms. The van der Waals surface area contributed by atoms with E-state index in [0.29, 0.717) is 0 Å². The van der Waals surface area contributed by atoms with Gasteiger partial charge >= 0.3 is 0 Å². The van der Waals surface area contributed by atoms with Gasteiger partial charge < -0.3 is 4.74 Å². The number of rotatable bonds is 6. The van der Waals surface area contributed by atoms with Crippen LogP contribution < -0.4 is 4.74 Å². The maximum absolute atomic E-state index is 5.77. The molecule has 0 saturated heterocycles. The standard InChI is InChI=1S/C20H30O/c1-4-7-16-9-11-17(12-10-16)18-13-14-20(21-6-3)19(15-18)8-5-2/h4,7,13-17H,5-6,8-12H2,1-3H3/b7-4+. The van der Waals surface area contributed by atoms with Crippen molar-refractivity contribution in [3.05, 3.63) is 41.5 Å². The quantitative estimate of drug-likeness (QED) is 0.593. The largest absolute Gasteiger partial charge is 0.494 e. The average Bonchev–Trinajstić information content (AvgIpc) is 2.51. The van der Waals surface area contributed by atoms with E-state index in [2.05, 4.69) is 51.1 Å². The second kappa shape index (κ2) is 8.26. The van der Waals surface area contributed by atoms with E-state index in [0.717, 1.165) is 30.6 Å². The van der Waals surface area contributed by atoms with Crippen LogP contribution in [0.15, 0.2) is 30.4 Å². The highest BCUT2D eigenvalue weighted by Gasteiger charge is 2.21. The molecule has 1 aliphatic rings. The molecule has 0 bridgehead atoms. The molecule has 0 aliphatic heterocycles. The minimum Gasteiger partial charge on any atom is -0.494 e. The molecule has 0 atom stereocenters. The second-order valence-corrected chi connectivity index (χ2v) is 6.19. The summed E-state index contributed by atoms with van der Waals surface area (Å²) in [5.74, 6) is 2.65. The Morgan fingerprint density at radius 2 is 1.90 bits per heavy atom. The Bertz CT molecular complexity index is 453. The van der Waals surface area contributed by atoms with Crippen molar-refractivity contribution in [3.8, 4) is 5.75 Å². The van der Waals surface area contributed by atoms with Crippen LogP contribution in [0.4, 0.5) is 0 Å². The van der Waals surface area contributed by atoms with Crippen LogP contribution in [0.3, 0.4) is 0 Å². The summed E-state index contributed by atoms with van der Waals surface area (Å²) >= 11 is 0. The Balaban J connectivity index is 2.08. The summed E-state index contributed by atoms with van der Waals surface area (Å²) in [5, 5.41) is 0. The van der Waals surface area contributed by atoms with Crippen molar-refractivity contribution in [2.45, 2.75) is 65.2 Å². The number of allylic oxidation sites excluding steroid dienone is 2. The van der Waals surface area contributed by atoms with Gasteiger partial charge in [-0.05, 0) is 75.0 Å². The fourth-order valence-electron chi connectivity index (χ4n) is 3.53. The zero-order valence-electron chi connectivity index (χ0n) is 13.9. The molecule has 2 rings (SSSR count). The number of hydrogen-bond donors (Lipinski definition) is 0. The smallest absolute Gasteiger partial charge is 0.122 e. The van der Waals surface area contributed by atoms with Gasteiger partial charge in [0.2, 0.25) is 0 Å². The van der Waals surface area contributed by atoms with Gasteiger partial charge in [0.25, 0.3) is 0 Å². The molecule has 0 radical (unpaired) electrons. The number of ether oxygens (including phenoxy) is 1. The highest BCUT2D eigenvalue weighted by molar-refractivity contribution is 5.39. The molecular formula is C20H30O. The number of hydrogen-bond acceptors (Lipinski definition) is 1. The van der Waals surface area contributed by atoms with Crippen LogP contribution in [0.2, 0.25) is 0 Å². The van der Waals surface area contributed by atoms with Crippen LogP contribution in [-0.4, -0.2) is 6.61 Å². The van der Waals surface area contributed by atoms with Gasteiger partial charge in [0.15, 0.2) is 0 Å². The zero-order valence-corrected chi connectivity index (χ0v) is 13.9. The van der Waals surface area contributed by atoms with E-state index >= 15 is 0 Å². The third kappa shape index (κ3) is 4.36. The van der Waals surface area contributed by atoms with E-state index in [1.807, 2.05) is 0 Å². The van der Waals surface area contributed by atoms with Crippen molar-refractivity contribution in [2.24, 2.45) is 5.92 Å². The van der Waals surface area contributed by atoms with E-state index in [4.69, 9.17) is 4.74 Å². The lowest BCUT2D eigenvalue weighted by molar-refractivity contribution is 0.335. The minimum absolute atomic E-state index is 0.748. The highest BCUT2D eigenvalue weighted by Crippen LogP contribution is 2.37. The molecule has 1 saturated carbocycles. The van der Waals surface area contributed by atoms with Crippen molar-refractivity contribution in [1.29, 1.82) is 0 Å². The second-order valence-electron chi connectivity index (χ2n) is 6.19. The van der Waals surface area contributed by atoms with Crippen molar-refractivity contribution in [1.82, 2.24) is 0 Å². The van der Waals surface area contributed by atoms with Crippen LogP contribution in [0, 0.1) is 5.92 Å². The first-order chi connectivity index (χ1) is 10.3. The van der Waals surface area contributed by atoms with Crippen LogP contribution in [0.25, 0.3) is 0 Å². The summed E-state index contributed by atoms with van der Waals surface area (Å²) in [5.41, 5.74) is 2.92. The van der Waals surface area contributed by atoms with Crippen LogP contribution in [0.5, 0.6) is 5.75 Å². The van der Waals surface area contributed by atoms with Gasteiger partial charge in [-0.2, -0.15) is 0 Å². The molecule has 1 aliphatic carbocycles. The van der Waals surface area contributed by atoms with Crippen LogP contribution >= 0.6 is 0 Å². The fraction of sp³-hybridized carbons (Fsp3) is 0.600. The van der Waals surface area contributed by atoms with Crippen molar-refractivity contribution in [2.75, 3.05) is 6.61 Å². The summed E-state index contributed by atoms with van der Waals surface area (Å²) in [6.07, 6.45) is 12.2. The third-order valence-electron chi connectivity index (χ3n) is 4.61. The fourth-order valence-corrected chi connectivity index (χ4v) is 3.53. The third-order valence-corrected chi connectivity index (χ3v) is 4.61. The molecule has 1 heteroatoms. The molecule has 116 valence electrons. The molecular weight excluding hydrogens is 256 g/mol. The normalized spacial score (nSPS) is 22.6. The molecule has 1 fully saturated rings. The molecule has 1 nitrogen and oxygen atoms in total. The molecule has 0 N–H and O–H groups in total. The van der Waals surface area contributed by atoms with Gasteiger partial charge in [0, 0.05) is 0 Å². The first kappa shape index (κ1) is 16.1. The maximum atomic E-state index is 5.77. The van der Waals surface area contributed by atoms with Gasteiger partial charge in [-0.1, -0.05) is 37.6 Å².